The molecule has 2 aromatic carbocycles. The van der Waals surface area contributed by atoms with E-state index in [1.165, 1.54) is 5.69 Å². The lowest BCUT2D eigenvalue weighted by molar-refractivity contribution is 0.0827. The van der Waals surface area contributed by atoms with Crippen LogP contribution in [0, 0.1) is 0 Å². The van der Waals surface area contributed by atoms with E-state index in [4.69, 9.17) is 0 Å². The van der Waals surface area contributed by atoms with Crippen molar-refractivity contribution in [3.63, 3.8) is 0 Å². The van der Waals surface area contributed by atoms with Crippen molar-refractivity contribution in [1.29, 1.82) is 0 Å². The number of carbonyl (C=O) groups is 1. The summed E-state index contributed by atoms with van der Waals surface area (Å²) in [5, 5.41) is 6.69. The fourth-order valence-corrected chi connectivity index (χ4v) is 3.10. The first kappa shape index (κ1) is 26.7. The van der Waals surface area contributed by atoms with Gasteiger partial charge in [-0.2, -0.15) is 0 Å². The highest BCUT2D eigenvalue weighted by atomic mass is 127. The van der Waals surface area contributed by atoms with Gasteiger partial charge in [-0.25, -0.2) is 0 Å². The number of hydrogen-bond acceptors (Lipinski definition) is 3. The Hall–Kier alpha value is -2.29. The average Bonchev–Trinajstić information content (AvgIpc) is 2.76. The molecule has 0 fully saturated rings. The van der Waals surface area contributed by atoms with Crippen LogP contribution in [0.15, 0.2) is 59.6 Å². The molecule has 6 nitrogen and oxygen atoms in total. The largest absolute Gasteiger partial charge is 0.375 e. The van der Waals surface area contributed by atoms with Crippen molar-refractivity contribution in [2.75, 3.05) is 52.2 Å². The molecule has 0 aliphatic heterocycles. The van der Waals surface area contributed by atoms with Crippen LogP contribution >= 0.6 is 24.0 Å². The van der Waals surface area contributed by atoms with Crippen molar-refractivity contribution in [2.45, 2.75) is 19.8 Å². The fraction of sp³-hybridized carbons (Fsp3) is 0.417. The third kappa shape index (κ3) is 9.59. The highest BCUT2D eigenvalue weighted by Crippen LogP contribution is 2.11. The molecule has 0 bridgehead atoms. The van der Waals surface area contributed by atoms with Crippen molar-refractivity contribution in [3.05, 3.63) is 65.7 Å². The maximum absolute atomic E-state index is 12.1. The summed E-state index contributed by atoms with van der Waals surface area (Å²) in [4.78, 5) is 20.7. The first-order valence-electron chi connectivity index (χ1n) is 10.6. The molecule has 0 radical (unpaired) electrons. The number of para-hydroxylation sites is 1. The van der Waals surface area contributed by atoms with E-state index in [9.17, 15) is 4.79 Å². The average molecular weight is 537 g/mol. The second-order valence-electron chi connectivity index (χ2n) is 7.45. The first-order chi connectivity index (χ1) is 14.5. The molecule has 0 unspecified atom stereocenters. The summed E-state index contributed by atoms with van der Waals surface area (Å²) >= 11 is 0. The minimum Gasteiger partial charge on any atom is -0.375 e. The van der Waals surface area contributed by atoms with Gasteiger partial charge in [0.1, 0.15) is 0 Å². The van der Waals surface area contributed by atoms with Crippen LogP contribution < -0.4 is 15.5 Å². The van der Waals surface area contributed by atoms with E-state index < -0.39 is 0 Å². The van der Waals surface area contributed by atoms with Crippen molar-refractivity contribution in [2.24, 2.45) is 4.99 Å². The number of aliphatic imine (C=N–C) groups is 1. The molecule has 0 atom stereocenters. The number of nitrogens with zero attached hydrogens (tertiary/aromatic N) is 3. The maximum atomic E-state index is 12.1. The van der Waals surface area contributed by atoms with Gasteiger partial charge in [0.25, 0.3) is 5.91 Å². The lowest BCUT2D eigenvalue weighted by Crippen LogP contribution is -2.38. The van der Waals surface area contributed by atoms with E-state index in [2.05, 4.69) is 64.8 Å². The zero-order valence-electron chi connectivity index (χ0n) is 19.1. The Morgan fingerprint density at radius 3 is 2.42 bits per heavy atom. The second-order valence-corrected chi connectivity index (χ2v) is 7.45. The highest BCUT2D eigenvalue weighted by molar-refractivity contribution is 14.0. The van der Waals surface area contributed by atoms with Crippen LogP contribution in [0.1, 0.15) is 29.3 Å². The molecule has 0 saturated heterocycles. The lowest BCUT2D eigenvalue weighted by Gasteiger charge is -2.18. The number of carbonyl (C=O) groups excluding carboxylic acids is 1. The molecule has 0 aliphatic carbocycles. The molecule has 0 aliphatic rings. The standard InChI is InChI=1S/C24H35N5O.HI/c1-5-25-24(26-16-10-18-29(4)22-13-7-6-8-14-22)27-17-15-20-11-9-12-21(19-20)23(30)28(2)3;/h6-9,11-14,19H,5,10,15-18H2,1-4H3,(H2,25,26,27);1H. The number of anilines is 1. The Bertz CT molecular complexity index is 811. The molecule has 31 heavy (non-hydrogen) atoms. The zero-order chi connectivity index (χ0) is 21.8. The minimum absolute atomic E-state index is 0. The third-order valence-corrected chi connectivity index (χ3v) is 4.75. The quantitative estimate of drug-likeness (QED) is 0.211. The summed E-state index contributed by atoms with van der Waals surface area (Å²) in [6, 6.07) is 18.2. The van der Waals surface area contributed by atoms with Gasteiger partial charge in [0.05, 0.1) is 0 Å². The molecule has 1 amide bonds. The topological polar surface area (TPSA) is 60.0 Å². The molecule has 2 N–H and O–H groups in total. The number of halogens is 1. The molecule has 170 valence electrons. The van der Waals surface area contributed by atoms with Gasteiger partial charge in [0.2, 0.25) is 0 Å². The van der Waals surface area contributed by atoms with E-state index in [1.807, 2.05) is 24.3 Å². The summed E-state index contributed by atoms with van der Waals surface area (Å²) in [6.45, 7) is 5.37. The van der Waals surface area contributed by atoms with E-state index in [0.29, 0.717) is 0 Å². The summed E-state index contributed by atoms with van der Waals surface area (Å²) in [5.74, 6) is 0.862. The number of rotatable bonds is 10. The molecule has 2 rings (SSSR count). The molecule has 0 aromatic heterocycles. The van der Waals surface area contributed by atoms with Crippen molar-refractivity contribution in [3.8, 4) is 0 Å². The molecule has 0 heterocycles. The molecule has 0 saturated carbocycles. The van der Waals surface area contributed by atoms with Crippen LogP contribution in [0.25, 0.3) is 0 Å². The van der Waals surface area contributed by atoms with Crippen molar-refractivity contribution in [1.82, 2.24) is 15.5 Å². The summed E-state index contributed by atoms with van der Waals surface area (Å²) < 4.78 is 0. The fourth-order valence-electron chi connectivity index (χ4n) is 3.10. The molecule has 2 aromatic rings. The molecule has 0 spiro atoms. The van der Waals surface area contributed by atoms with Gasteiger partial charge in [-0.3, -0.25) is 9.79 Å². The Labute approximate surface area is 204 Å². The predicted octanol–water partition coefficient (Wildman–Crippen LogP) is 3.63. The van der Waals surface area contributed by atoms with Crippen LogP contribution in [-0.4, -0.2) is 64.1 Å². The van der Waals surface area contributed by atoms with E-state index in [-0.39, 0.29) is 29.9 Å². The van der Waals surface area contributed by atoms with E-state index >= 15 is 0 Å². The Balaban J connectivity index is 0.00000480. The predicted molar refractivity (Wildman–Crippen MR) is 142 cm³/mol. The van der Waals surface area contributed by atoms with Gasteiger partial charge < -0.3 is 20.4 Å². The zero-order valence-corrected chi connectivity index (χ0v) is 21.4. The van der Waals surface area contributed by atoms with Crippen LogP contribution in [0.2, 0.25) is 0 Å². The van der Waals surface area contributed by atoms with Crippen LogP contribution in [0.5, 0.6) is 0 Å². The monoisotopic (exact) mass is 537 g/mol. The number of benzene rings is 2. The minimum atomic E-state index is 0. The lowest BCUT2D eigenvalue weighted by atomic mass is 10.1. The van der Waals surface area contributed by atoms with Gasteiger partial charge in [0, 0.05) is 58.6 Å². The summed E-state index contributed by atoms with van der Waals surface area (Å²) in [7, 11) is 5.65. The molecular formula is C24H36IN5O. The number of hydrogen-bond donors (Lipinski definition) is 2. The van der Waals surface area contributed by atoms with Crippen LogP contribution in [-0.2, 0) is 6.42 Å². The Morgan fingerprint density at radius 1 is 1.00 bits per heavy atom. The number of guanidine groups is 1. The van der Waals surface area contributed by atoms with Gasteiger partial charge in [-0.1, -0.05) is 30.3 Å². The molecular weight excluding hydrogens is 501 g/mol. The Kier molecular flexibility index (Phi) is 12.7. The number of nitrogens with one attached hydrogen (secondary N) is 2. The number of amides is 1. The summed E-state index contributed by atoms with van der Waals surface area (Å²) in [5.41, 5.74) is 3.08. The smallest absolute Gasteiger partial charge is 0.253 e. The third-order valence-electron chi connectivity index (χ3n) is 4.75. The summed E-state index contributed by atoms with van der Waals surface area (Å²) in [6.07, 6.45) is 1.81. The Morgan fingerprint density at radius 2 is 1.74 bits per heavy atom. The second kappa shape index (κ2) is 14.7. The highest BCUT2D eigenvalue weighted by Gasteiger charge is 2.08. The SMILES string of the molecule is CCNC(=NCCCN(C)c1ccccc1)NCCc1cccc(C(=O)N(C)C)c1.I. The van der Waals surface area contributed by atoms with Gasteiger partial charge in [-0.15, -0.1) is 24.0 Å². The van der Waals surface area contributed by atoms with Crippen molar-refractivity contribution >= 4 is 41.5 Å². The van der Waals surface area contributed by atoms with Crippen LogP contribution in [0.4, 0.5) is 5.69 Å². The van der Waals surface area contributed by atoms with Gasteiger partial charge in [-0.05, 0) is 49.6 Å². The normalized spacial score (nSPS) is 10.8. The van der Waals surface area contributed by atoms with Gasteiger partial charge in [0.15, 0.2) is 5.96 Å². The molecule has 7 heteroatoms. The van der Waals surface area contributed by atoms with E-state index in [0.717, 1.165) is 56.1 Å². The maximum Gasteiger partial charge on any atom is 0.253 e. The first-order valence-corrected chi connectivity index (χ1v) is 10.6. The van der Waals surface area contributed by atoms with Crippen LogP contribution in [0.3, 0.4) is 0 Å². The van der Waals surface area contributed by atoms with E-state index in [1.54, 1.807) is 19.0 Å². The van der Waals surface area contributed by atoms with Gasteiger partial charge >= 0.3 is 0 Å². The van der Waals surface area contributed by atoms with Crippen molar-refractivity contribution < 1.29 is 4.79 Å².